The van der Waals surface area contributed by atoms with Gasteiger partial charge in [-0.05, 0) is 26.0 Å². The summed E-state index contributed by atoms with van der Waals surface area (Å²) in [7, 11) is 0. The largest absolute Gasteiger partial charge is 0.491 e. The quantitative estimate of drug-likeness (QED) is 0.655. The summed E-state index contributed by atoms with van der Waals surface area (Å²) in [5.41, 5.74) is 1.18. The van der Waals surface area contributed by atoms with Crippen LogP contribution in [0, 0.1) is 6.92 Å². The van der Waals surface area contributed by atoms with Crippen molar-refractivity contribution >= 4 is 0 Å². The van der Waals surface area contributed by atoms with Crippen molar-refractivity contribution in [2.24, 2.45) is 0 Å². The smallest absolute Gasteiger partial charge is 0.119 e. The third-order valence-electron chi connectivity index (χ3n) is 2.28. The zero-order valence-corrected chi connectivity index (χ0v) is 10.4. The summed E-state index contributed by atoms with van der Waals surface area (Å²) in [6.45, 7) is 4.84. The van der Waals surface area contributed by atoms with Crippen molar-refractivity contribution in [1.29, 1.82) is 0 Å². The van der Waals surface area contributed by atoms with Gasteiger partial charge in [0.25, 0.3) is 0 Å². The zero-order valence-electron chi connectivity index (χ0n) is 10.4. The normalized spacial score (nSPS) is 14.4. The van der Waals surface area contributed by atoms with Crippen LogP contribution in [0.25, 0.3) is 0 Å². The van der Waals surface area contributed by atoms with Crippen molar-refractivity contribution in [3.63, 3.8) is 0 Å². The van der Waals surface area contributed by atoms with Gasteiger partial charge in [-0.25, -0.2) is 0 Å². The maximum Gasteiger partial charge on any atom is 0.119 e. The number of ether oxygens (including phenoxy) is 1. The topological polar surface area (TPSA) is 61.7 Å². The molecule has 1 aromatic carbocycles. The monoisotopic (exact) mass is 239 g/mol. The number of aliphatic hydroxyl groups is 2. The van der Waals surface area contributed by atoms with Crippen LogP contribution in [0.4, 0.5) is 0 Å². The lowest BCUT2D eigenvalue weighted by Crippen LogP contribution is -2.35. The molecule has 4 nitrogen and oxygen atoms in total. The molecule has 0 amide bonds. The molecule has 2 unspecified atom stereocenters. The summed E-state index contributed by atoms with van der Waals surface area (Å²) in [5.74, 6) is 0.755. The minimum Gasteiger partial charge on any atom is -0.491 e. The second kappa shape index (κ2) is 7.27. The van der Waals surface area contributed by atoms with Crippen LogP contribution in [0.15, 0.2) is 24.3 Å². The molecule has 0 aliphatic carbocycles. The van der Waals surface area contributed by atoms with E-state index in [2.05, 4.69) is 5.32 Å². The van der Waals surface area contributed by atoms with Crippen LogP contribution in [0.1, 0.15) is 12.5 Å². The van der Waals surface area contributed by atoms with E-state index in [0.29, 0.717) is 13.1 Å². The number of hydrogen-bond acceptors (Lipinski definition) is 4. The van der Waals surface area contributed by atoms with Crippen molar-refractivity contribution in [3.8, 4) is 5.75 Å². The number of aliphatic hydroxyl groups excluding tert-OH is 2. The predicted octanol–water partition coefficient (Wildman–Crippen LogP) is 0.705. The second-order valence-corrected chi connectivity index (χ2v) is 4.29. The fourth-order valence-electron chi connectivity index (χ4n) is 1.34. The van der Waals surface area contributed by atoms with E-state index in [-0.39, 0.29) is 6.61 Å². The van der Waals surface area contributed by atoms with Crippen molar-refractivity contribution < 1.29 is 14.9 Å². The molecule has 0 aromatic heterocycles. The molecule has 1 rings (SSSR count). The Labute approximate surface area is 102 Å². The summed E-state index contributed by atoms with van der Waals surface area (Å²) >= 11 is 0. The minimum atomic E-state index is -0.574. The van der Waals surface area contributed by atoms with Crippen LogP contribution < -0.4 is 10.1 Å². The third kappa shape index (κ3) is 6.26. The molecule has 0 saturated carbocycles. The van der Waals surface area contributed by atoms with Crippen LogP contribution in [-0.2, 0) is 0 Å². The highest BCUT2D eigenvalue weighted by molar-refractivity contribution is 5.26. The molecular weight excluding hydrogens is 218 g/mol. The Morgan fingerprint density at radius 3 is 2.41 bits per heavy atom. The Balaban J connectivity index is 2.19. The van der Waals surface area contributed by atoms with Crippen molar-refractivity contribution in [2.45, 2.75) is 26.1 Å². The first-order chi connectivity index (χ1) is 8.08. The van der Waals surface area contributed by atoms with E-state index < -0.39 is 12.2 Å². The zero-order chi connectivity index (χ0) is 12.7. The molecule has 0 heterocycles. The molecule has 1 aromatic rings. The number of nitrogens with one attached hydrogen (secondary N) is 1. The molecule has 3 N–H and O–H groups in total. The number of aryl methyl sites for hydroxylation is 1. The Bertz CT molecular complexity index is 311. The molecule has 0 radical (unpaired) electrons. The molecule has 0 saturated heterocycles. The molecule has 17 heavy (non-hydrogen) atoms. The van der Waals surface area contributed by atoms with Crippen LogP contribution >= 0.6 is 0 Å². The Kier molecular flexibility index (Phi) is 5.97. The standard InChI is InChI=1S/C13H21NO3/c1-10-3-5-13(6-4-10)17-9-12(16)8-14-7-11(2)15/h3-6,11-12,14-16H,7-9H2,1-2H3. The molecule has 2 atom stereocenters. The summed E-state index contributed by atoms with van der Waals surface area (Å²) in [5, 5.41) is 21.6. The minimum absolute atomic E-state index is 0.246. The Morgan fingerprint density at radius 1 is 1.18 bits per heavy atom. The number of hydrogen-bond donors (Lipinski definition) is 3. The van der Waals surface area contributed by atoms with Crippen LogP contribution in [0.2, 0.25) is 0 Å². The summed E-state index contributed by atoms with van der Waals surface area (Å²) < 4.78 is 5.43. The average Bonchev–Trinajstić information content (AvgIpc) is 2.28. The number of benzene rings is 1. The van der Waals surface area contributed by atoms with E-state index in [1.165, 1.54) is 5.56 Å². The first-order valence-electron chi connectivity index (χ1n) is 5.84. The van der Waals surface area contributed by atoms with Crippen molar-refractivity contribution in [1.82, 2.24) is 5.32 Å². The van der Waals surface area contributed by atoms with E-state index in [1.807, 2.05) is 31.2 Å². The second-order valence-electron chi connectivity index (χ2n) is 4.29. The summed E-state index contributed by atoms with van der Waals surface area (Å²) in [6.07, 6.45) is -0.977. The van der Waals surface area contributed by atoms with E-state index >= 15 is 0 Å². The lowest BCUT2D eigenvalue weighted by Gasteiger charge is -2.14. The fourth-order valence-corrected chi connectivity index (χ4v) is 1.34. The molecule has 4 heteroatoms. The highest BCUT2D eigenvalue weighted by Crippen LogP contribution is 2.11. The lowest BCUT2D eigenvalue weighted by molar-refractivity contribution is 0.101. The molecule has 0 spiro atoms. The highest BCUT2D eigenvalue weighted by Gasteiger charge is 2.05. The van der Waals surface area contributed by atoms with Crippen LogP contribution in [0.5, 0.6) is 5.75 Å². The van der Waals surface area contributed by atoms with Crippen LogP contribution in [-0.4, -0.2) is 42.1 Å². The van der Waals surface area contributed by atoms with Gasteiger partial charge in [-0.3, -0.25) is 0 Å². The predicted molar refractivity (Wildman–Crippen MR) is 67.2 cm³/mol. The van der Waals surface area contributed by atoms with Gasteiger partial charge in [0, 0.05) is 13.1 Å². The SMILES string of the molecule is Cc1ccc(OCC(O)CNCC(C)O)cc1. The maximum atomic E-state index is 9.61. The molecule has 0 aliphatic heterocycles. The summed E-state index contributed by atoms with van der Waals surface area (Å²) in [4.78, 5) is 0. The average molecular weight is 239 g/mol. The lowest BCUT2D eigenvalue weighted by atomic mass is 10.2. The third-order valence-corrected chi connectivity index (χ3v) is 2.28. The Hall–Kier alpha value is -1.10. The van der Waals surface area contributed by atoms with E-state index in [9.17, 15) is 5.11 Å². The molecule has 0 fully saturated rings. The Morgan fingerprint density at radius 2 is 1.82 bits per heavy atom. The van der Waals surface area contributed by atoms with Gasteiger partial charge in [0.1, 0.15) is 18.5 Å². The first-order valence-corrected chi connectivity index (χ1v) is 5.84. The number of rotatable bonds is 7. The van der Waals surface area contributed by atoms with Gasteiger partial charge < -0.3 is 20.3 Å². The van der Waals surface area contributed by atoms with Crippen molar-refractivity contribution in [2.75, 3.05) is 19.7 Å². The van der Waals surface area contributed by atoms with E-state index in [4.69, 9.17) is 9.84 Å². The molecule has 0 aliphatic rings. The van der Waals surface area contributed by atoms with Gasteiger partial charge >= 0.3 is 0 Å². The molecule has 96 valence electrons. The van der Waals surface area contributed by atoms with Gasteiger partial charge in [0.15, 0.2) is 0 Å². The highest BCUT2D eigenvalue weighted by atomic mass is 16.5. The van der Waals surface area contributed by atoms with Crippen LogP contribution in [0.3, 0.4) is 0 Å². The summed E-state index contributed by atoms with van der Waals surface area (Å²) in [6, 6.07) is 7.69. The molecule has 0 bridgehead atoms. The van der Waals surface area contributed by atoms with Gasteiger partial charge in [-0.15, -0.1) is 0 Å². The van der Waals surface area contributed by atoms with Crippen molar-refractivity contribution in [3.05, 3.63) is 29.8 Å². The molecular formula is C13H21NO3. The first kappa shape index (κ1) is 14.0. The van der Waals surface area contributed by atoms with E-state index in [0.717, 1.165) is 5.75 Å². The van der Waals surface area contributed by atoms with Gasteiger partial charge in [0.2, 0.25) is 0 Å². The van der Waals surface area contributed by atoms with Gasteiger partial charge in [0.05, 0.1) is 6.10 Å². The van der Waals surface area contributed by atoms with Gasteiger partial charge in [-0.1, -0.05) is 17.7 Å². The maximum absolute atomic E-state index is 9.61. The fraction of sp³-hybridized carbons (Fsp3) is 0.538. The van der Waals surface area contributed by atoms with Gasteiger partial charge in [-0.2, -0.15) is 0 Å². The van der Waals surface area contributed by atoms with E-state index in [1.54, 1.807) is 6.92 Å².